The van der Waals surface area contributed by atoms with Gasteiger partial charge in [-0.15, -0.1) is 0 Å². The Hall–Kier alpha value is -1.16. The van der Waals surface area contributed by atoms with Gasteiger partial charge in [-0.25, -0.2) is 4.98 Å². The summed E-state index contributed by atoms with van der Waals surface area (Å²) in [5.41, 5.74) is -0.149. The third kappa shape index (κ3) is 2.64. The molecule has 1 aliphatic carbocycles. The predicted molar refractivity (Wildman–Crippen MR) is 70.4 cm³/mol. The van der Waals surface area contributed by atoms with E-state index in [-0.39, 0.29) is 5.56 Å². The zero-order valence-corrected chi connectivity index (χ0v) is 11.5. The van der Waals surface area contributed by atoms with Crippen LogP contribution in [0.25, 0.3) is 0 Å². The molecule has 2 rings (SSSR count). The van der Waals surface area contributed by atoms with Crippen LogP contribution >= 0.6 is 0 Å². The van der Waals surface area contributed by atoms with Crippen LogP contribution in [0.5, 0.6) is 0 Å². The molecule has 1 N–H and O–H groups in total. The van der Waals surface area contributed by atoms with E-state index < -0.39 is 5.60 Å². The number of H-pyrrole nitrogens is 1. The van der Waals surface area contributed by atoms with Crippen LogP contribution in [0.3, 0.4) is 0 Å². The number of rotatable bonds is 3. The van der Waals surface area contributed by atoms with Crippen LogP contribution in [0, 0.1) is 5.41 Å². The molecule has 0 atom stereocenters. The van der Waals surface area contributed by atoms with E-state index in [0.29, 0.717) is 17.8 Å². The summed E-state index contributed by atoms with van der Waals surface area (Å²) in [5.74, 6) is 0.687. The Labute approximate surface area is 108 Å². The minimum absolute atomic E-state index is 0.107. The van der Waals surface area contributed by atoms with E-state index in [1.54, 1.807) is 6.20 Å². The Morgan fingerprint density at radius 1 is 1.33 bits per heavy atom. The standard InChI is InChI=1S/C14H22N2O2/c1-4-18-14(8-6-13(2,3)7-9-14)12-15-10-5-11(17)16-12/h5,10H,4,6-9H2,1-3H3,(H,15,16,17). The second-order valence-electron chi connectivity index (χ2n) is 5.87. The molecule has 4 heteroatoms. The zero-order valence-electron chi connectivity index (χ0n) is 11.5. The molecule has 1 heterocycles. The van der Waals surface area contributed by atoms with E-state index >= 15 is 0 Å². The molecule has 1 aromatic rings. The first kappa shape index (κ1) is 13.3. The fourth-order valence-corrected chi connectivity index (χ4v) is 2.66. The van der Waals surface area contributed by atoms with Gasteiger partial charge >= 0.3 is 0 Å². The molecule has 100 valence electrons. The second kappa shape index (κ2) is 4.84. The van der Waals surface area contributed by atoms with Gasteiger partial charge in [0.15, 0.2) is 0 Å². The lowest BCUT2D eigenvalue weighted by molar-refractivity contribution is -0.0949. The van der Waals surface area contributed by atoms with Crippen LogP contribution in [0.15, 0.2) is 17.1 Å². The first-order valence-corrected chi connectivity index (χ1v) is 6.67. The van der Waals surface area contributed by atoms with Crippen molar-refractivity contribution in [3.05, 3.63) is 28.4 Å². The van der Waals surface area contributed by atoms with Gasteiger partial charge in [0.25, 0.3) is 5.56 Å². The Kier molecular flexibility index (Phi) is 3.57. The number of aromatic amines is 1. The number of ether oxygens (including phenoxy) is 1. The fourth-order valence-electron chi connectivity index (χ4n) is 2.66. The highest BCUT2D eigenvalue weighted by atomic mass is 16.5. The maximum atomic E-state index is 11.5. The third-order valence-corrected chi connectivity index (χ3v) is 3.93. The van der Waals surface area contributed by atoms with Gasteiger partial charge in [0.05, 0.1) is 0 Å². The van der Waals surface area contributed by atoms with Crippen molar-refractivity contribution in [2.24, 2.45) is 5.41 Å². The second-order valence-corrected chi connectivity index (χ2v) is 5.87. The molecular formula is C14H22N2O2. The topological polar surface area (TPSA) is 55.0 Å². The van der Waals surface area contributed by atoms with Crippen molar-refractivity contribution in [2.75, 3.05) is 6.61 Å². The highest BCUT2D eigenvalue weighted by molar-refractivity contribution is 5.06. The predicted octanol–water partition coefficient (Wildman–Crippen LogP) is 2.60. The van der Waals surface area contributed by atoms with Crippen LogP contribution < -0.4 is 5.56 Å². The molecule has 0 bridgehead atoms. The summed E-state index contributed by atoms with van der Waals surface area (Å²) in [6.45, 7) is 7.19. The molecule has 1 fully saturated rings. The van der Waals surface area contributed by atoms with Crippen LogP contribution in [0.1, 0.15) is 52.3 Å². The minimum atomic E-state index is -0.398. The summed E-state index contributed by atoms with van der Waals surface area (Å²) < 4.78 is 5.97. The minimum Gasteiger partial charge on any atom is -0.367 e. The number of nitrogens with zero attached hydrogens (tertiary/aromatic N) is 1. The summed E-state index contributed by atoms with van der Waals surface area (Å²) in [5, 5.41) is 0. The summed E-state index contributed by atoms with van der Waals surface area (Å²) >= 11 is 0. The monoisotopic (exact) mass is 250 g/mol. The third-order valence-electron chi connectivity index (χ3n) is 3.93. The molecule has 0 amide bonds. The van der Waals surface area contributed by atoms with Gasteiger partial charge in [0.1, 0.15) is 11.4 Å². The molecule has 0 aliphatic heterocycles. The average Bonchev–Trinajstić information content (AvgIpc) is 2.33. The Morgan fingerprint density at radius 3 is 2.56 bits per heavy atom. The molecule has 18 heavy (non-hydrogen) atoms. The number of aromatic nitrogens is 2. The van der Waals surface area contributed by atoms with Gasteiger partial charge in [0, 0.05) is 18.9 Å². The van der Waals surface area contributed by atoms with E-state index in [1.807, 2.05) is 6.92 Å². The largest absolute Gasteiger partial charge is 0.367 e. The number of hydrogen-bond acceptors (Lipinski definition) is 3. The van der Waals surface area contributed by atoms with Crippen LogP contribution in [-0.2, 0) is 10.3 Å². The van der Waals surface area contributed by atoms with E-state index in [9.17, 15) is 4.79 Å². The van der Waals surface area contributed by atoms with E-state index in [4.69, 9.17) is 4.74 Å². The molecule has 1 saturated carbocycles. The van der Waals surface area contributed by atoms with Crippen molar-refractivity contribution in [3.8, 4) is 0 Å². The Bertz CT molecular complexity index is 455. The zero-order chi connectivity index (χ0) is 13.2. The first-order chi connectivity index (χ1) is 8.47. The normalized spacial score (nSPS) is 21.7. The van der Waals surface area contributed by atoms with Crippen molar-refractivity contribution in [3.63, 3.8) is 0 Å². The summed E-state index contributed by atoms with van der Waals surface area (Å²) in [4.78, 5) is 18.6. The molecule has 1 aliphatic rings. The molecule has 0 spiro atoms. The first-order valence-electron chi connectivity index (χ1n) is 6.67. The summed E-state index contributed by atoms with van der Waals surface area (Å²) in [6.07, 6.45) is 5.58. The SMILES string of the molecule is CCOC1(c2nccc(=O)[nH]2)CCC(C)(C)CC1. The van der Waals surface area contributed by atoms with Gasteiger partial charge < -0.3 is 9.72 Å². The summed E-state index contributed by atoms with van der Waals surface area (Å²) in [7, 11) is 0. The van der Waals surface area contributed by atoms with Crippen molar-refractivity contribution in [2.45, 2.75) is 52.1 Å². The van der Waals surface area contributed by atoms with Crippen molar-refractivity contribution in [1.82, 2.24) is 9.97 Å². The molecule has 1 aromatic heterocycles. The van der Waals surface area contributed by atoms with E-state index in [1.165, 1.54) is 6.07 Å². The highest BCUT2D eigenvalue weighted by Crippen LogP contribution is 2.46. The lowest BCUT2D eigenvalue weighted by atomic mass is 9.70. The van der Waals surface area contributed by atoms with Gasteiger partial charge in [0.2, 0.25) is 0 Å². The van der Waals surface area contributed by atoms with Gasteiger partial charge in [-0.1, -0.05) is 13.8 Å². The lowest BCUT2D eigenvalue weighted by Crippen LogP contribution is -2.39. The van der Waals surface area contributed by atoms with Crippen molar-refractivity contribution in [1.29, 1.82) is 0 Å². The Morgan fingerprint density at radius 2 is 2.00 bits per heavy atom. The molecule has 4 nitrogen and oxygen atoms in total. The lowest BCUT2D eigenvalue weighted by Gasteiger charge is -2.42. The quantitative estimate of drug-likeness (QED) is 0.897. The van der Waals surface area contributed by atoms with Crippen LogP contribution in [0.2, 0.25) is 0 Å². The average molecular weight is 250 g/mol. The highest BCUT2D eigenvalue weighted by Gasteiger charge is 2.42. The van der Waals surface area contributed by atoms with Crippen LogP contribution in [0.4, 0.5) is 0 Å². The molecule has 0 radical (unpaired) electrons. The maximum Gasteiger partial charge on any atom is 0.250 e. The van der Waals surface area contributed by atoms with E-state index in [0.717, 1.165) is 25.7 Å². The number of hydrogen-bond donors (Lipinski definition) is 1. The van der Waals surface area contributed by atoms with Gasteiger partial charge in [-0.05, 0) is 38.0 Å². The van der Waals surface area contributed by atoms with Gasteiger partial charge in [-0.2, -0.15) is 0 Å². The fraction of sp³-hybridized carbons (Fsp3) is 0.714. The maximum absolute atomic E-state index is 11.5. The number of nitrogens with one attached hydrogen (secondary N) is 1. The van der Waals surface area contributed by atoms with Crippen LogP contribution in [-0.4, -0.2) is 16.6 Å². The molecule has 0 saturated heterocycles. The van der Waals surface area contributed by atoms with Crippen molar-refractivity contribution >= 4 is 0 Å². The molecule has 0 unspecified atom stereocenters. The van der Waals surface area contributed by atoms with Gasteiger partial charge in [-0.3, -0.25) is 4.79 Å². The van der Waals surface area contributed by atoms with E-state index in [2.05, 4.69) is 23.8 Å². The smallest absolute Gasteiger partial charge is 0.250 e. The summed E-state index contributed by atoms with van der Waals surface area (Å²) in [6, 6.07) is 1.44. The Balaban J connectivity index is 2.31. The molecular weight excluding hydrogens is 228 g/mol. The van der Waals surface area contributed by atoms with Crippen molar-refractivity contribution < 1.29 is 4.74 Å². The molecule has 0 aromatic carbocycles.